The Balaban J connectivity index is 1.31. The number of nitrogens with zero attached hydrogens (tertiary/aromatic N) is 2. The predicted octanol–water partition coefficient (Wildman–Crippen LogP) is 3.01. The summed E-state index contributed by atoms with van der Waals surface area (Å²) in [7, 11) is 0. The maximum Gasteiger partial charge on any atom is 0.272 e. The van der Waals surface area contributed by atoms with Gasteiger partial charge in [0.1, 0.15) is 11.5 Å². The maximum atomic E-state index is 12.4. The molecular weight excluding hydrogens is 364 g/mol. The average Bonchev–Trinajstić information content (AvgIpc) is 3.48. The number of H-pyrrole nitrogens is 1. The van der Waals surface area contributed by atoms with Gasteiger partial charge in [-0.15, -0.1) is 11.3 Å². The third-order valence-corrected chi connectivity index (χ3v) is 5.65. The second kappa shape index (κ2) is 7.79. The van der Waals surface area contributed by atoms with Crippen LogP contribution in [0.2, 0.25) is 0 Å². The molecule has 0 bridgehead atoms. The summed E-state index contributed by atoms with van der Waals surface area (Å²) in [6.07, 6.45) is 3.28. The number of aromatic nitrogens is 2. The Labute approximate surface area is 160 Å². The van der Waals surface area contributed by atoms with Crippen LogP contribution in [-0.4, -0.2) is 40.0 Å². The lowest BCUT2D eigenvalue weighted by atomic mass is 9.93. The van der Waals surface area contributed by atoms with E-state index >= 15 is 0 Å². The second-order valence-corrected chi connectivity index (χ2v) is 7.46. The minimum Gasteiger partial charge on any atom is -0.467 e. The van der Waals surface area contributed by atoms with Crippen molar-refractivity contribution in [2.75, 3.05) is 13.1 Å². The number of piperidine rings is 1. The van der Waals surface area contributed by atoms with Crippen molar-refractivity contribution in [3.05, 3.63) is 64.0 Å². The van der Waals surface area contributed by atoms with Gasteiger partial charge in [-0.3, -0.25) is 14.7 Å². The third kappa shape index (κ3) is 3.95. The third-order valence-electron chi connectivity index (χ3n) is 4.79. The van der Waals surface area contributed by atoms with E-state index in [2.05, 4.69) is 15.5 Å². The number of amides is 2. The number of hydrogen-bond acceptors (Lipinski definition) is 5. The molecule has 0 spiro atoms. The molecule has 1 aliphatic rings. The number of carbonyl (C=O) groups is 2. The van der Waals surface area contributed by atoms with Gasteiger partial charge >= 0.3 is 0 Å². The zero-order valence-corrected chi connectivity index (χ0v) is 15.5. The van der Waals surface area contributed by atoms with Crippen LogP contribution in [0.4, 0.5) is 0 Å². The molecule has 0 aromatic carbocycles. The van der Waals surface area contributed by atoms with E-state index < -0.39 is 0 Å². The van der Waals surface area contributed by atoms with Crippen molar-refractivity contribution >= 4 is 23.2 Å². The van der Waals surface area contributed by atoms with Gasteiger partial charge in [-0.05, 0) is 42.5 Å². The van der Waals surface area contributed by atoms with E-state index in [0.717, 1.165) is 23.4 Å². The SMILES string of the molecule is O=C(NCc1ccco1)c1cc(C2CCN(C(=O)c3cccs3)CC2)[nH]n1. The van der Waals surface area contributed by atoms with Crippen molar-refractivity contribution in [3.8, 4) is 0 Å². The van der Waals surface area contributed by atoms with Crippen molar-refractivity contribution in [1.29, 1.82) is 0 Å². The number of carbonyl (C=O) groups excluding carboxylic acids is 2. The minimum absolute atomic E-state index is 0.103. The van der Waals surface area contributed by atoms with E-state index in [0.29, 0.717) is 31.1 Å². The topological polar surface area (TPSA) is 91.2 Å². The van der Waals surface area contributed by atoms with Gasteiger partial charge in [-0.25, -0.2) is 0 Å². The van der Waals surface area contributed by atoms with Crippen molar-refractivity contribution < 1.29 is 14.0 Å². The first kappa shape index (κ1) is 17.5. The highest BCUT2D eigenvalue weighted by molar-refractivity contribution is 7.12. The molecule has 0 aliphatic carbocycles. The Hall–Kier alpha value is -2.87. The molecule has 2 N–H and O–H groups in total. The molecular formula is C19H20N4O3S. The van der Waals surface area contributed by atoms with Gasteiger partial charge in [0.2, 0.25) is 0 Å². The molecule has 8 heteroatoms. The van der Waals surface area contributed by atoms with E-state index in [-0.39, 0.29) is 17.7 Å². The Kier molecular flexibility index (Phi) is 5.06. The van der Waals surface area contributed by atoms with Crippen LogP contribution < -0.4 is 5.32 Å². The highest BCUT2D eigenvalue weighted by Crippen LogP contribution is 2.28. The first-order valence-corrected chi connectivity index (χ1v) is 9.77. The molecule has 4 rings (SSSR count). The number of rotatable bonds is 5. The summed E-state index contributed by atoms with van der Waals surface area (Å²) in [5, 5.41) is 11.8. The second-order valence-electron chi connectivity index (χ2n) is 6.51. The Morgan fingerprint density at radius 2 is 2.15 bits per heavy atom. The summed E-state index contributed by atoms with van der Waals surface area (Å²) in [5.74, 6) is 0.837. The molecule has 7 nitrogen and oxygen atoms in total. The molecule has 0 saturated carbocycles. The fraction of sp³-hybridized carbons (Fsp3) is 0.316. The van der Waals surface area contributed by atoms with Crippen molar-refractivity contribution in [3.63, 3.8) is 0 Å². The molecule has 0 radical (unpaired) electrons. The highest BCUT2D eigenvalue weighted by Gasteiger charge is 2.26. The Morgan fingerprint density at radius 1 is 1.30 bits per heavy atom. The quantitative estimate of drug-likeness (QED) is 0.707. The summed E-state index contributed by atoms with van der Waals surface area (Å²) in [5.41, 5.74) is 1.31. The van der Waals surface area contributed by atoms with E-state index in [9.17, 15) is 9.59 Å². The van der Waals surface area contributed by atoms with E-state index in [1.807, 2.05) is 28.5 Å². The molecule has 1 saturated heterocycles. The summed E-state index contributed by atoms with van der Waals surface area (Å²) < 4.78 is 5.20. The van der Waals surface area contributed by atoms with Gasteiger partial charge in [0.25, 0.3) is 11.8 Å². The number of hydrogen-bond donors (Lipinski definition) is 2. The van der Waals surface area contributed by atoms with Crippen LogP contribution in [0.15, 0.2) is 46.4 Å². The van der Waals surface area contributed by atoms with E-state index in [1.165, 1.54) is 11.3 Å². The minimum atomic E-state index is -0.237. The van der Waals surface area contributed by atoms with Crippen LogP contribution in [0.3, 0.4) is 0 Å². The van der Waals surface area contributed by atoms with E-state index in [1.54, 1.807) is 18.4 Å². The molecule has 27 heavy (non-hydrogen) atoms. The summed E-state index contributed by atoms with van der Waals surface area (Å²) in [6.45, 7) is 1.75. The van der Waals surface area contributed by atoms with Crippen LogP contribution in [0.1, 0.15) is 50.4 Å². The van der Waals surface area contributed by atoms with Gasteiger partial charge in [0, 0.05) is 24.7 Å². The molecule has 140 valence electrons. The molecule has 3 aromatic rings. The van der Waals surface area contributed by atoms with Crippen LogP contribution in [0.5, 0.6) is 0 Å². The first-order valence-electron chi connectivity index (χ1n) is 8.89. The monoisotopic (exact) mass is 384 g/mol. The van der Waals surface area contributed by atoms with Crippen molar-refractivity contribution in [1.82, 2.24) is 20.4 Å². The molecule has 1 fully saturated rings. The summed E-state index contributed by atoms with van der Waals surface area (Å²) in [4.78, 5) is 27.3. The zero-order valence-electron chi connectivity index (χ0n) is 14.7. The molecule has 2 amide bonds. The summed E-state index contributed by atoms with van der Waals surface area (Å²) >= 11 is 1.47. The van der Waals surface area contributed by atoms with E-state index in [4.69, 9.17) is 4.42 Å². The zero-order chi connectivity index (χ0) is 18.6. The maximum absolute atomic E-state index is 12.4. The van der Waals surface area contributed by atoms with Gasteiger partial charge in [0.15, 0.2) is 0 Å². The fourth-order valence-corrected chi connectivity index (χ4v) is 3.97. The van der Waals surface area contributed by atoms with Gasteiger partial charge in [-0.1, -0.05) is 6.07 Å². The van der Waals surface area contributed by atoms with Gasteiger partial charge in [0.05, 0.1) is 17.7 Å². The first-order chi connectivity index (χ1) is 13.2. The fourth-order valence-electron chi connectivity index (χ4n) is 3.28. The smallest absolute Gasteiger partial charge is 0.272 e. The molecule has 3 aromatic heterocycles. The predicted molar refractivity (Wildman–Crippen MR) is 101 cm³/mol. The number of thiophene rings is 1. The molecule has 0 atom stereocenters. The van der Waals surface area contributed by atoms with Crippen molar-refractivity contribution in [2.24, 2.45) is 0 Å². The lowest BCUT2D eigenvalue weighted by Crippen LogP contribution is -2.37. The normalized spacial score (nSPS) is 15.0. The Morgan fingerprint density at radius 3 is 2.85 bits per heavy atom. The van der Waals surface area contributed by atoms with Crippen LogP contribution in [-0.2, 0) is 6.54 Å². The Bertz CT molecular complexity index is 893. The van der Waals surface area contributed by atoms with Crippen LogP contribution in [0.25, 0.3) is 0 Å². The largest absolute Gasteiger partial charge is 0.467 e. The number of aromatic amines is 1. The van der Waals surface area contributed by atoms with Crippen LogP contribution in [0, 0.1) is 0 Å². The van der Waals surface area contributed by atoms with Crippen molar-refractivity contribution in [2.45, 2.75) is 25.3 Å². The lowest BCUT2D eigenvalue weighted by molar-refractivity contribution is 0.0717. The standard InChI is InChI=1S/C19H20N4O3S/c24-18(20-12-14-3-1-9-26-14)16-11-15(21-22-16)13-5-7-23(8-6-13)19(25)17-4-2-10-27-17/h1-4,9-11,13H,5-8,12H2,(H,20,24)(H,21,22). The molecule has 0 unspecified atom stereocenters. The van der Waals surface area contributed by atoms with Gasteiger partial charge in [-0.2, -0.15) is 5.10 Å². The lowest BCUT2D eigenvalue weighted by Gasteiger charge is -2.31. The number of furan rings is 1. The summed E-state index contributed by atoms with van der Waals surface area (Å²) in [6, 6.07) is 9.15. The molecule has 1 aliphatic heterocycles. The number of nitrogens with one attached hydrogen (secondary N) is 2. The number of likely N-dealkylation sites (tertiary alicyclic amines) is 1. The van der Waals surface area contributed by atoms with Crippen LogP contribution >= 0.6 is 11.3 Å². The van der Waals surface area contributed by atoms with Gasteiger partial charge < -0.3 is 14.6 Å². The average molecular weight is 384 g/mol. The molecule has 4 heterocycles. The highest BCUT2D eigenvalue weighted by atomic mass is 32.1.